The Bertz CT molecular complexity index is 2570. The van der Waals surface area contributed by atoms with E-state index in [4.69, 9.17) is 56.8 Å². The topological polar surface area (TPSA) is 526 Å². The summed E-state index contributed by atoms with van der Waals surface area (Å²) in [5.74, 6) is -4.10. The minimum absolute atomic E-state index is 0.141. The summed E-state index contributed by atoms with van der Waals surface area (Å²) >= 11 is 0. The molecular formula is C83H150O33. The number of carbonyl (C=O) groups is 3. The van der Waals surface area contributed by atoms with Gasteiger partial charge in [-0.2, -0.15) is 0 Å². The fraction of sp³-hybridized carbons (Fsp3) is 0.964. The molecule has 0 spiro atoms. The lowest BCUT2D eigenvalue weighted by molar-refractivity contribution is -0.316. The first kappa shape index (κ1) is 102. The van der Waals surface area contributed by atoms with Crippen LogP contribution in [0.4, 0.5) is 0 Å². The zero-order valence-electron chi connectivity index (χ0n) is 68.9. The van der Waals surface area contributed by atoms with Crippen molar-refractivity contribution in [1.82, 2.24) is 0 Å². The Hall–Kier alpha value is -2.51. The molecule has 6 rings (SSSR count). The number of ether oxygens (including phenoxy) is 12. The summed E-state index contributed by atoms with van der Waals surface area (Å²) < 4.78 is 71.6. The highest BCUT2D eigenvalue weighted by Crippen LogP contribution is 2.36. The van der Waals surface area contributed by atoms with Crippen LogP contribution in [0.25, 0.3) is 0 Å². The number of hydrogen-bond donors (Lipinski definition) is 18. The molecule has 18 N–H and O–H groups in total. The van der Waals surface area contributed by atoms with Crippen molar-refractivity contribution in [2.75, 3.05) is 52.9 Å². The van der Waals surface area contributed by atoms with E-state index in [0.29, 0.717) is 57.8 Å². The predicted molar refractivity (Wildman–Crippen MR) is 416 cm³/mol. The predicted octanol–water partition coefficient (Wildman–Crippen LogP) is 2.98. The van der Waals surface area contributed by atoms with Crippen molar-refractivity contribution < 1.29 is 163 Å². The zero-order valence-corrected chi connectivity index (χ0v) is 68.9. The summed E-state index contributed by atoms with van der Waals surface area (Å²) in [6.07, 6.45) is -2.10. The lowest BCUT2D eigenvalue weighted by atomic mass is 9.91. The maximum Gasteiger partial charge on any atom is 0.308 e. The number of ketones is 1. The lowest BCUT2D eigenvalue weighted by Crippen LogP contribution is -2.60. The molecule has 116 heavy (non-hydrogen) atoms. The van der Waals surface area contributed by atoms with Gasteiger partial charge in [-0.3, -0.25) is 9.59 Å². The third-order valence-electron chi connectivity index (χ3n) is 24.1. The molecular weight excluding hydrogens is 1520 g/mol. The number of rotatable bonds is 54. The molecule has 4 bridgehead atoms. The second-order valence-corrected chi connectivity index (χ2v) is 33.5. The van der Waals surface area contributed by atoms with Gasteiger partial charge in [0.1, 0.15) is 104 Å². The summed E-state index contributed by atoms with van der Waals surface area (Å²) in [6, 6.07) is 0. The minimum Gasteiger partial charge on any atom is -0.463 e. The van der Waals surface area contributed by atoms with E-state index in [1.54, 1.807) is 6.92 Å². The zero-order chi connectivity index (χ0) is 84.5. The molecule has 6 saturated heterocycles. The van der Waals surface area contributed by atoms with Gasteiger partial charge >= 0.3 is 11.9 Å². The number of aliphatic hydroxyl groups is 18. The van der Waals surface area contributed by atoms with Crippen molar-refractivity contribution in [3.63, 3.8) is 0 Å². The van der Waals surface area contributed by atoms with Gasteiger partial charge in [-0.25, -0.2) is 0 Å². The van der Waals surface area contributed by atoms with E-state index in [9.17, 15) is 106 Å². The maximum atomic E-state index is 13.6. The molecule has 0 aliphatic carbocycles. The normalized spacial score (nSPS) is 35.3. The molecule has 6 fully saturated rings. The molecule has 6 aliphatic heterocycles. The molecule has 680 valence electrons. The number of fused-ring (bicyclic) bond motifs is 4. The smallest absolute Gasteiger partial charge is 0.308 e. The van der Waals surface area contributed by atoms with Crippen LogP contribution in [0.2, 0.25) is 0 Å². The van der Waals surface area contributed by atoms with Gasteiger partial charge in [-0.1, -0.05) is 186 Å². The Labute approximate surface area is 685 Å². The maximum absolute atomic E-state index is 13.6. The van der Waals surface area contributed by atoms with Gasteiger partial charge in [-0.05, 0) is 65.2 Å². The average molecular weight is 1680 g/mol. The van der Waals surface area contributed by atoms with Gasteiger partial charge < -0.3 is 154 Å². The second kappa shape index (κ2) is 57.1. The first-order valence-electron chi connectivity index (χ1n) is 44.1. The van der Waals surface area contributed by atoms with Crippen LogP contribution in [0.15, 0.2) is 0 Å². The molecule has 33 heteroatoms. The lowest BCUT2D eigenvalue weighted by Gasteiger charge is -2.42. The Morgan fingerprint density at radius 1 is 0.328 bits per heavy atom. The van der Waals surface area contributed by atoms with E-state index in [2.05, 4.69) is 0 Å². The molecule has 0 radical (unpaired) electrons. The van der Waals surface area contributed by atoms with Gasteiger partial charge in [0, 0.05) is 6.42 Å². The van der Waals surface area contributed by atoms with Crippen LogP contribution >= 0.6 is 0 Å². The van der Waals surface area contributed by atoms with Crippen molar-refractivity contribution in [3.05, 3.63) is 0 Å². The minimum atomic E-state index is -1.78. The Morgan fingerprint density at radius 2 is 0.612 bits per heavy atom. The Balaban J connectivity index is 0.872. The number of carbonyl (C=O) groups excluding carboxylic acids is 3. The highest BCUT2D eigenvalue weighted by Gasteiger charge is 2.51. The van der Waals surface area contributed by atoms with E-state index in [1.165, 1.54) is 0 Å². The summed E-state index contributed by atoms with van der Waals surface area (Å²) in [6.45, 7) is -0.706. The van der Waals surface area contributed by atoms with Crippen molar-refractivity contribution in [2.45, 2.75) is 436 Å². The fourth-order valence-corrected chi connectivity index (χ4v) is 16.6. The number of cyclic esters (lactones) is 2. The van der Waals surface area contributed by atoms with Crippen LogP contribution in [0.5, 0.6) is 0 Å². The molecule has 33 nitrogen and oxygen atoms in total. The quantitative estimate of drug-likeness (QED) is 0.0307. The van der Waals surface area contributed by atoms with Gasteiger partial charge in [0.15, 0.2) is 31.5 Å². The molecule has 0 aromatic rings. The highest BCUT2D eigenvalue weighted by molar-refractivity contribution is 5.75. The number of esters is 2. The van der Waals surface area contributed by atoms with Crippen molar-refractivity contribution in [2.24, 2.45) is 17.8 Å². The average Bonchev–Trinajstić information content (AvgIpc) is 0.833. The van der Waals surface area contributed by atoms with Gasteiger partial charge in [0.2, 0.25) is 0 Å². The molecule has 0 aromatic heterocycles. The van der Waals surface area contributed by atoms with E-state index < -0.39 is 230 Å². The van der Waals surface area contributed by atoms with Crippen LogP contribution in [0, 0.1) is 17.8 Å². The van der Waals surface area contributed by atoms with E-state index >= 15 is 0 Å². The molecule has 0 amide bonds. The van der Waals surface area contributed by atoms with E-state index in [-0.39, 0.29) is 36.9 Å². The summed E-state index contributed by atoms with van der Waals surface area (Å²) in [5.41, 5.74) is 0. The molecule has 6 heterocycles. The van der Waals surface area contributed by atoms with Gasteiger partial charge in [-0.15, -0.1) is 0 Å². The van der Waals surface area contributed by atoms with Crippen LogP contribution < -0.4 is 0 Å². The highest BCUT2D eigenvalue weighted by atomic mass is 16.7. The van der Waals surface area contributed by atoms with Crippen molar-refractivity contribution in [1.29, 1.82) is 0 Å². The third-order valence-corrected chi connectivity index (χ3v) is 24.1. The molecule has 6 unspecified atom stereocenters. The van der Waals surface area contributed by atoms with Crippen molar-refractivity contribution >= 4 is 17.7 Å². The molecule has 30 atom stereocenters. The molecule has 6 aliphatic rings. The van der Waals surface area contributed by atoms with Crippen molar-refractivity contribution in [3.8, 4) is 0 Å². The summed E-state index contributed by atoms with van der Waals surface area (Å²) in [4.78, 5) is 38.7. The van der Waals surface area contributed by atoms with Gasteiger partial charge in [0.05, 0.1) is 119 Å². The SMILES string of the molecule is CC(=O)CCCCCC(CCCCCCCCCCCCCC1CC(=O)OC[C@@H]2O[C@H](OC(CCCCCCCCCCCCCCCC(CCCCCC(C)O[C@@H]3O[C@H](CO)[C@@H](O)[C@H](O)[C@H]3CO)O[C@@H]3O[C@H](CO)[C@@H](O)[C@H](O)[C@H]3CO)CC(=O)OCC3O[C@@H](O1)[C@H](O)[C@@H](O)[C@@H]3O)[C@@H](O)[C@@H](O)[C@H]2O)O[C@@H]1O[C@H](CO)[C@@H](O)[C@H](O)[C@H]1CO. The fourth-order valence-electron chi connectivity index (χ4n) is 16.6. The number of hydrogen-bond acceptors (Lipinski definition) is 33. The monoisotopic (exact) mass is 1680 g/mol. The summed E-state index contributed by atoms with van der Waals surface area (Å²) in [5, 5.41) is 189. The Morgan fingerprint density at radius 3 is 0.922 bits per heavy atom. The molecule has 0 aromatic carbocycles. The van der Waals surface area contributed by atoms with Crippen LogP contribution in [0.1, 0.15) is 271 Å². The number of aliphatic hydroxyl groups excluding tert-OH is 18. The number of Topliss-reactive ketones (excluding diaryl/α,β-unsaturated/α-hetero) is 1. The first-order valence-corrected chi connectivity index (χ1v) is 44.1. The van der Waals surface area contributed by atoms with E-state index in [1.807, 2.05) is 6.92 Å². The Kier molecular flexibility index (Phi) is 50.3. The van der Waals surface area contributed by atoms with Gasteiger partial charge in [0.25, 0.3) is 0 Å². The van der Waals surface area contributed by atoms with Crippen LogP contribution in [0.3, 0.4) is 0 Å². The summed E-state index contributed by atoms with van der Waals surface area (Å²) in [7, 11) is 0. The standard InChI is InChI=1S/C83H150O33/c1-51(90)33-25-23-31-37-53(108-80-58(44-85)68(94)71(97)61(47-88)113-80)35-27-19-16-12-9-6-10-14-18-22-30-40-56-42-66(92)106-50-63-73(99)75(101)77(103)82(115-63)110-55(41-65(91)105-49-64-74(100)76(102)78(104)83(111-56)116-64)39-29-21-17-13-8-5-3-4-7-11-15-20-28-36-54(109-81-59(45-86)69(95)72(98)62(48-89)114-81)38-32-24-26-34-52(2)107-79-57(43-84)67(93)70(96)60(46-87)112-79/h52-64,67-89,93-104H,3-50H2,1-2H3/t52?,53?,54?,55?,56?,57-,58-,59-,60-,61-,62-,63+,64?,67-,68-,69-,70-,71-,72-,73+,74-,75+,76+,77+,78-,79-,80-,81-,82+,83-/m1/s1. The molecule has 0 saturated carbocycles. The van der Waals surface area contributed by atoms with Crippen LogP contribution in [-0.2, 0) is 71.2 Å². The third kappa shape index (κ3) is 34.9. The second-order valence-electron chi connectivity index (χ2n) is 33.5. The van der Waals surface area contributed by atoms with E-state index in [0.717, 1.165) is 186 Å². The largest absolute Gasteiger partial charge is 0.463 e. The van der Waals surface area contributed by atoms with Crippen LogP contribution in [-0.4, -0.2) is 328 Å². The first-order chi connectivity index (χ1) is 55.9. The number of unbranched alkanes of at least 4 members (excludes halogenated alkanes) is 26.